The van der Waals surface area contributed by atoms with Gasteiger partial charge in [0.15, 0.2) is 0 Å². The number of aromatic nitrogens is 2. The standard InChI is InChI=1S/C10H9N2.V/c1-9-3-5-10(6-4-9)12-8-2-7-11-12;/h2-6,8H,1H3;/q-1;. The summed E-state index contributed by atoms with van der Waals surface area (Å²) < 4.78 is 1.79. The molecular formula is C10H9N2V-. The minimum absolute atomic E-state index is 0. The van der Waals surface area contributed by atoms with Gasteiger partial charge in [-0.3, -0.25) is 0 Å². The predicted molar refractivity (Wildman–Crippen MR) is 47.1 cm³/mol. The van der Waals surface area contributed by atoms with E-state index < -0.39 is 0 Å². The topological polar surface area (TPSA) is 17.8 Å². The quantitative estimate of drug-likeness (QED) is 0.655. The minimum Gasteiger partial charge on any atom is -0.338 e. The van der Waals surface area contributed by atoms with Crippen molar-refractivity contribution < 1.29 is 18.6 Å². The van der Waals surface area contributed by atoms with Crippen molar-refractivity contribution in [2.45, 2.75) is 6.92 Å². The number of hydrogen-bond acceptors (Lipinski definition) is 1. The van der Waals surface area contributed by atoms with E-state index in [0.29, 0.717) is 0 Å². The Morgan fingerprint density at radius 3 is 2.46 bits per heavy atom. The molecule has 1 radical (unpaired) electrons. The van der Waals surface area contributed by atoms with Crippen LogP contribution in [0.5, 0.6) is 0 Å². The molecular weight excluding hydrogens is 199 g/mol. The number of benzene rings is 1. The summed E-state index contributed by atoms with van der Waals surface area (Å²) >= 11 is 0. The van der Waals surface area contributed by atoms with Gasteiger partial charge in [-0.15, -0.1) is 12.4 Å². The van der Waals surface area contributed by atoms with Gasteiger partial charge in [0.2, 0.25) is 0 Å². The molecule has 0 atom stereocenters. The van der Waals surface area contributed by atoms with E-state index in [1.165, 1.54) is 5.56 Å². The maximum Gasteiger partial charge on any atom is 0.0430 e. The van der Waals surface area contributed by atoms with Crippen molar-refractivity contribution in [1.82, 2.24) is 9.78 Å². The van der Waals surface area contributed by atoms with Gasteiger partial charge >= 0.3 is 0 Å². The molecule has 0 amide bonds. The van der Waals surface area contributed by atoms with Crippen LogP contribution in [0, 0.1) is 13.1 Å². The third-order valence-electron chi connectivity index (χ3n) is 1.75. The molecule has 65 valence electrons. The Hall–Kier alpha value is -0.986. The van der Waals surface area contributed by atoms with E-state index in [0.717, 1.165) is 5.69 Å². The van der Waals surface area contributed by atoms with E-state index in [2.05, 4.69) is 30.4 Å². The van der Waals surface area contributed by atoms with Crippen molar-refractivity contribution in [2.75, 3.05) is 0 Å². The summed E-state index contributed by atoms with van der Waals surface area (Å²) in [5.74, 6) is 0. The Kier molecular flexibility index (Phi) is 3.35. The third kappa shape index (κ3) is 2.23. The van der Waals surface area contributed by atoms with Crippen LogP contribution in [0.1, 0.15) is 5.56 Å². The first-order chi connectivity index (χ1) is 5.86. The molecule has 1 heterocycles. The van der Waals surface area contributed by atoms with Crippen molar-refractivity contribution in [3.8, 4) is 5.69 Å². The zero-order valence-corrected chi connectivity index (χ0v) is 8.70. The Morgan fingerprint density at radius 1 is 1.23 bits per heavy atom. The molecule has 13 heavy (non-hydrogen) atoms. The van der Waals surface area contributed by atoms with Crippen molar-refractivity contribution in [3.63, 3.8) is 0 Å². The minimum atomic E-state index is 0. The van der Waals surface area contributed by atoms with Gasteiger partial charge in [0, 0.05) is 24.2 Å². The molecule has 0 fully saturated rings. The SMILES string of the molecule is Cc1ccc(-n2cc[c-]n2)cc1.[V]. The molecule has 2 nitrogen and oxygen atoms in total. The number of nitrogens with zero attached hydrogens (tertiary/aromatic N) is 2. The predicted octanol–water partition coefficient (Wildman–Crippen LogP) is 1.98. The normalized spacial score (nSPS) is 9.31. The first-order valence-electron chi connectivity index (χ1n) is 3.85. The summed E-state index contributed by atoms with van der Waals surface area (Å²) in [5, 5.41) is 4.01. The van der Waals surface area contributed by atoms with Gasteiger partial charge < -0.3 is 9.78 Å². The second kappa shape index (κ2) is 4.31. The second-order valence-corrected chi connectivity index (χ2v) is 2.72. The summed E-state index contributed by atoms with van der Waals surface area (Å²) in [4.78, 5) is 0. The summed E-state index contributed by atoms with van der Waals surface area (Å²) in [6.45, 7) is 2.07. The van der Waals surface area contributed by atoms with Crippen LogP contribution in [0.2, 0.25) is 0 Å². The van der Waals surface area contributed by atoms with E-state index in [4.69, 9.17) is 0 Å². The van der Waals surface area contributed by atoms with Crippen molar-refractivity contribution in [3.05, 3.63) is 48.3 Å². The molecule has 0 saturated heterocycles. The Labute approximate surface area is 89.5 Å². The van der Waals surface area contributed by atoms with Gasteiger partial charge in [-0.2, -0.15) is 6.07 Å². The van der Waals surface area contributed by atoms with Crippen LogP contribution < -0.4 is 0 Å². The van der Waals surface area contributed by atoms with E-state index in [9.17, 15) is 0 Å². The molecule has 2 rings (SSSR count). The number of aryl methyl sites for hydroxylation is 1. The molecule has 0 aliphatic heterocycles. The monoisotopic (exact) mass is 208 g/mol. The Morgan fingerprint density at radius 2 is 1.92 bits per heavy atom. The van der Waals surface area contributed by atoms with Gasteiger partial charge in [0.05, 0.1) is 0 Å². The van der Waals surface area contributed by atoms with Crippen molar-refractivity contribution in [1.29, 1.82) is 0 Å². The van der Waals surface area contributed by atoms with Gasteiger partial charge in [0.25, 0.3) is 0 Å². The van der Waals surface area contributed by atoms with Gasteiger partial charge in [-0.05, 0) is 19.1 Å². The zero-order valence-electron chi connectivity index (χ0n) is 7.31. The van der Waals surface area contributed by atoms with Gasteiger partial charge in [-0.25, -0.2) is 0 Å². The molecule has 0 saturated carbocycles. The van der Waals surface area contributed by atoms with E-state index in [1.54, 1.807) is 10.7 Å². The fraction of sp³-hybridized carbons (Fsp3) is 0.100. The molecule has 0 N–H and O–H groups in total. The molecule has 1 aromatic carbocycles. The smallest absolute Gasteiger partial charge is 0.0430 e. The molecule has 1 aromatic heterocycles. The van der Waals surface area contributed by atoms with Crippen LogP contribution in [-0.4, -0.2) is 9.78 Å². The average molecular weight is 208 g/mol. The fourth-order valence-corrected chi connectivity index (χ4v) is 1.07. The summed E-state index contributed by atoms with van der Waals surface area (Å²) in [7, 11) is 0. The van der Waals surface area contributed by atoms with Gasteiger partial charge in [0.1, 0.15) is 0 Å². The zero-order chi connectivity index (χ0) is 8.39. The summed E-state index contributed by atoms with van der Waals surface area (Å²) in [6, 6.07) is 10.0. The van der Waals surface area contributed by atoms with E-state index in [-0.39, 0.29) is 18.6 Å². The summed E-state index contributed by atoms with van der Waals surface area (Å²) in [5.41, 5.74) is 2.33. The maximum atomic E-state index is 4.01. The van der Waals surface area contributed by atoms with Gasteiger partial charge in [-0.1, -0.05) is 17.7 Å². The van der Waals surface area contributed by atoms with Crippen LogP contribution in [0.15, 0.2) is 36.5 Å². The molecule has 0 unspecified atom stereocenters. The molecule has 3 heteroatoms. The molecule has 0 spiro atoms. The number of hydrogen-bond donors (Lipinski definition) is 0. The Bertz CT molecular complexity index is 351. The second-order valence-electron chi connectivity index (χ2n) is 2.72. The van der Waals surface area contributed by atoms with Crippen LogP contribution in [0.25, 0.3) is 5.69 Å². The van der Waals surface area contributed by atoms with Crippen LogP contribution >= 0.6 is 0 Å². The first kappa shape index (κ1) is 10.1. The molecule has 0 bridgehead atoms. The van der Waals surface area contributed by atoms with Crippen LogP contribution in [0.3, 0.4) is 0 Å². The van der Waals surface area contributed by atoms with Crippen LogP contribution in [0.4, 0.5) is 0 Å². The average Bonchev–Trinajstić information content (AvgIpc) is 2.58. The Balaban J connectivity index is 0.000000845. The van der Waals surface area contributed by atoms with Crippen molar-refractivity contribution >= 4 is 0 Å². The molecule has 0 aliphatic carbocycles. The fourth-order valence-electron chi connectivity index (χ4n) is 1.07. The number of rotatable bonds is 1. The first-order valence-corrected chi connectivity index (χ1v) is 3.85. The molecule has 2 aromatic rings. The van der Waals surface area contributed by atoms with Crippen LogP contribution in [-0.2, 0) is 18.6 Å². The van der Waals surface area contributed by atoms with E-state index >= 15 is 0 Å². The summed E-state index contributed by atoms with van der Waals surface area (Å²) in [6.07, 6.45) is 4.64. The maximum absolute atomic E-state index is 4.01. The third-order valence-corrected chi connectivity index (χ3v) is 1.75. The molecule has 0 aliphatic rings. The van der Waals surface area contributed by atoms with E-state index in [1.807, 2.05) is 18.3 Å². The largest absolute Gasteiger partial charge is 0.338 e. The van der Waals surface area contributed by atoms with Crippen molar-refractivity contribution in [2.24, 2.45) is 0 Å².